The lowest BCUT2D eigenvalue weighted by molar-refractivity contribution is -0.149. The number of rotatable bonds is 5. The van der Waals surface area contributed by atoms with Crippen LogP contribution in [0.4, 0.5) is 20.2 Å². The first-order valence-electron chi connectivity index (χ1n) is 7.43. The van der Waals surface area contributed by atoms with Gasteiger partial charge < -0.3 is 25.4 Å². The second-order valence-electron chi connectivity index (χ2n) is 5.30. The Hall–Kier alpha value is -2.42. The van der Waals surface area contributed by atoms with E-state index in [4.69, 9.17) is 0 Å². The first-order valence-corrected chi connectivity index (χ1v) is 7.43. The van der Waals surface area contributed by atoms with Gasteiger partial charge in [-0.2, -0.15) is 0 Å². The summed E-state index contributed by atoms with van der Waals surface area (Å²) in [4.78, 5) is 23.9. The summed E-state index contributed by atoms with van der Waals surface area (Å²) in [5.41, 5.74) is -0.119. The van der Waals surface area contributed by atoms with Crippen LogP contribution in [-0.2, 0) is 14.3 Å². The van der Waals surface area contributed by atoms with Crippen molar-refractivity contribution in [3.63, 3.8) is 0 Å². The van der Waals surface area contributed by atoms with Crippen molar-refractivity contribution < 1.29 is 28.2 Å². The highest BCUT2D eigenvalue weighted by Gasteiger charge is 2.22. The fraction of sp³-hybridized carbons (Fsp3) is 0.467. The quantitative estimate of drug-likeness (QED) is 0.664. The van der Waals surface area contributed by atoms with Crippen molar-refractivity contribution in [1.82, 2.24) is 5.32 Å². The summed E-state index contributed by atoms with van der Waals surface area (Å²) >= 11 is 0. The van der Waals surface area contributed by atoms with E-state index in [1.807, 2.05) is 0 Å². The zero-order valence-electron chi connectivity index (χ0n) is 13.1. The number of nitrogens with one attached hydrogen (secondary N) is 2. The van der Waals surface area contributed by atoms with E-state index in [9.17, 15) is 23.5 Å². The van der Waals surface area contributed by atoms with E-state index in [2.05, 4.69) is 15.4 Å². The molecule has 0 saturated carbocycles. The molecule has 1 amide bonds. The predicted molar refractivity (Wildman–Crippen MR) is 82.7 cm³/mol. The molecule has 1 aliphatic rings. The molecule has 1 aliphatic heterocycles. The molecule has 3 N–H and O–H groups in total. The number of anilines is 2. The van der Waals surface area contributed by atoms with Crippen molar-refractivity contribution in [1.29, 1.82) is 0 Å². The molecule has 9 heteroatoms. The van der Waals surface area contributed by atoms with E-state index in [1.54, 1.807) is 0 Å². The minimum Gasteiger partial charge on any atom is -0.467 e. The van der Waals surface area contributed by atoms with Crippen LogP contribution >= 0.6 is 0 Å². The summed E-state index contributed by atoms with van der Waals surface area (Å²) < 4.78 is 32.9. The van der Waals surface area contributed by atoms with E-state index in [1.165, 1.54) is 4.90 Å². The molecule has 0 aliphatic carbocycles. The molecule has 1 aromatic rings. The Bertz CT molecular complexity index is 604. The Kier molecular flexibility index (Phi) is 5.91. The lowest BCUT2D eigenvalue weighted by Crippen LogP contribution is -2.30. The van der Waals surface area contributed by atoms with Crippen LogP contribution in [0.15, 0.2) is 12.1 Å². The van der Waals surface area contributed by atoms with Crippen molar-refractivity contribution in [2.45, 2.75) is 12.5 Å². The van der Waals surface area contributed by atoms with Gasteiger partial charge in [-0.05, 0) is 12.1 Å². The third-order valence-electron chi connectivity index (χ3n) is 3.62. The number of methoxy groups -OCH3 is 1. The predicted octanol–water partition coefficient (Wildman–Crippen LogP) is 0.237. The second-order valence-corrected chi connectivity index (χ2v) is 5.30. The van der Waals surface area contributed by atoms with Gasteiger partial charge >= 0.3 is 5.97 Å². The number of benzene rings is 1. The number of hydrogen-bond acceptors (Lipinski definition) is 6. The monoisotopic (exact) mass is 343 g/mol. The highest BCUT2D eigenvalue weighted by molar-refractivity contribution is 5.77. The molecule has 1 fully saturated rings. The summed E-state index contributed by atoms with van der Waals surface area (Å²) in [5.74, 6) is -2.59. The van der Waals surface area contributed by atoms with Crippen LogP contribution in [-0.4, -0.2) is 56.4 Å². The van der Waals surface area contributed by atoms with Crippen LogP contribution in [0.5, 0.6) is 0 Å². The van der Waals surface area contributed by atoms with Crippen molar-refractivity contribution in [3.8, 4) is 0 Å². The minimum absolute atomic E-state index is 0.0840. The van der Waals surface area contributed by atoms with Gasteiger partial charge in [0.25, 0.3) is 0 Å². The Morgan fingerprint density at radius 3 is 2.71 bits per heavy atom. The van der Waals surface area contributed by atoms with E-state index < -0.39 is 23.7 Å². The third kappa shape index (κ3) is 4.31. The fourth-order valence-electron chi connectivity index (χ4n) is 2.39. The van der Waals surface area contributed by atoms with E-state index in [-0.39, 0.29) is 36.8 Å². The number of hydrogen-bond donors (Lipinski definition) is 3. The Labute approximate surface area is 137 Å². The van der Waals surface area contributed by atoms with Crippen LogP contribution in [0.2, 0.25) is 0 Å². The van der Waals surface area contributed by atoms with Gasteiger partial charge in [-0.25, -0.2) is 13.6 Å². The number of esters is 1. The largest absolute Gasteiger partial charge is 0.467 e. The average Bonchev–Trinajstić information content (AvgIpc) is 2.76. The Morgan fingerprint density at radius 1 is 1.42 bits per heavy atom. The number of aliphatic hydroxyl groups is 1. The molecular formula is C15H19F2N3O4. The highest BCUT2D eigenvalue weighted by Crippen LogP contribution is 2.27. The smallest absolute Gasteiger partial charge is 0.336 e. The van der Waals surface area contributed by atoms with Crippen molar-refractivity contribution in [2.24, 2.45) is 0 Å². The lowest BCUT2D eigenvalue weighted by Gasteiger charge is -2.23. The van der Waals surface area contributed by atoms with Gasteiger partial charge in [0.1, 0.15) is 5.69 Å². The van der Waals surface area contributed by atoms with Crippen molar-refractivity contribution in [3.05, 3.63) is 23.8 Å². The summed E-state index contributed by atoms with van der Waals surface area (Å²) in [6.07, 6.45) is -1.28. The molecule has 7 nitrogen and oxygen atoms in total. The number of halogens is 2. The molecule has 0 unspecified atom stereocenters. The lowest BCUT2D eigenvalue weighted by atomic mass is 10.2. The van der Waals surface area contributed by atoms with Gasteiger partial charge in [0.15, 0.2) is 17.7 Å². The molecule has 0 spiro atoms. The van der Waals surface area contributed by atoms with Gasteiger partial charge in [-0.15, -0.1) is 0 Å². The van der Waals surface area contributed by atoms with Crippen molar-refractivity contribution >= 4 is 23.3 Å². The van der Waals surface area contributed by atoms with Crippen LogP contribution in [0, 0.1) is 11.6 Å². The summed E-state index contributed by atoms with van der Waals surface area (Å²) in [6.45, 7) is 0.580. The molecule has 1 aromatic carbocycles. The van der Waals surface area contributed by atoms with Gasteiger partial charge in [-0.1, -0.05) is 0 Å². The number of carbonyl (C=O) groups is 2. The van der Waals surface area contributed by atoms with E-state index >= 15 is 0 Å². The number of amides is 1. The maximum absolute atomic E-state index is 14.3. The zero-order valence-corrected chi connectivity index (χ0v) is 13.1. The molecule has 2 rings (SSSR count). The molecule has 132 valence electrons. The molecule has 0 aromatic heterocycles. The average molecular weight is 343 g/mol. The maximum Gasteiger partial charge on any atom is 0.336 e. The number of aliphatic hydroxyl groups excluding tert-OH is 1. The van der Waals surface area contributed by atoms with Gasteiger partial charge in [-0.3, -0.25) is 4.79 Å². The van der Waals surface area contributed by atoms with Crippen molar-refractivity contribution in [2.75, 3.05) is 43.5 Å². The SMILES string of the molecule is COC(=O)[C@H](O)CNc1cc(F)c(N2CCNC(=O)CC2)c(F)c1. The Morgan fingerprint density at radius 2 is 2.08 bits per heavy atom. The second kappa shape index (κ2) is 7.91. The molecule has 0 bridgehead atoms. The topological polar surface area (TPSA) is 90.9 Å². The van der Waals surface area contributed by atoms with Gasteiger partial charge in [0.05, 0.1) is 13.7 Å². The summed E-state index contributed by atoms with van der Waals surface area (Å²) in [5, 5.41) is 14.7. The Balaban J connectivity index is 2.10. The minimum atomic E-state index is -1.44. The first-order chi connectivity index (χ1) is 11.4. The molecular weight excluding hydrogens is 324 g/mol. The maximum atomic E-state index is 14.3. The van der Waals surface area contributed by atoms with Crippen LogP contribution in [0.1, 0.15) is 6.42 Å². The molecule has 1 atom stereocenters. The number of ether oxygens (including phenoxy) is 1. The summed E-state index contributed by atoms with van der Waals surface area (Å²) in [6, 6.07) is 2.14. The van der Waals surface area contributed by atoms with E-state index in [0.717, 1.165) is 19.2 Å². The van der Waals surface area contributed by atoms with Gasteiger partial charge in [0.2, 0.25) is 5.91 Å². The highest BCUT2D eigenvalue weighted by atomic mass is 19.1. The van der Waals surface area contributed by atoms with Crippen LogP contribution < -0.4 is 15.5 Å². The van der Waals surface area contributed by atoms with Gasteiger partial charge in [0, 0.05) is 31.7 Å². The normalized spacial score (nSPS) is 16.2. The molecule has 1 saturated heterocycles. The number of carbonyl (C=O) groups excluding carboxylic acids is 2. The molecule has 24 heavy (non-hydrogen) atoms. The van der Waals surface area contributed by atoms with Crippen LogP contribution in [0.3, 0.4) is 0 Å². The molecule has 0 radical (unpaired) electrons. The van der Waals surface area contributed by atoms with Crippen LogP contribution in [0.25, 0.3) is 0 Å². The fourth-order valence-corrected chi connectivity index (χ4v) is 2.39. The first kappa shape index (κ1) is 17.9. The zero-order chi connectivity index (χ0) is 17.7. The third-order valence-corrected chi connectivity index (χ3v) is 3.62. The molecule has 1 heterocycles. The standard InChI is InChI=1S/C15H19F2N3O4/c1-24-15(23)12(21)8-19-9-6-10(16)14(11(17)7-9)20-4-2-13(22)18-3-5-20/h6-7,12,19,21H,2-5,8H2,1H3,(H,18,22)/t12-/m1/s1. The van der Waals surface area contributed by atoms with E-state index in [0.29, 0.717) is 13.1 Å². The number of nitrogens with zero attached hydrogens (tertiary/aromatic N) is 1. The summed E-state index contributed by atoms with van der Waals surface area (Å²) in [7, 11) is 1.13.